The maximum Gasteiger partial charge on any atom is 0.272 e. The molecule has 1 N–H and O–H groups in total. The highest BCUT2D eigenvalue weighted by Gasteiger charge is 2.08. The fourth-order valence-electron chi connectivity index (χ4n) is 2.82. The Morgan fingerprint density at radius 3 is 2.32 bits per heavy atom. The van der Waals surface area contributed by atoms with Gasteiger partial charge >= 0.3 is 0 Å². The van der Waals surface area contributed by atoms with Crippen LogP contribution in [0.25, 0.3) is 11.1 Å². The number of hydrogen-bond donors (Lipinski definition) is 1. The van der Waals surface area contributed by atoms with Gasteiger partial charge in [0.05, 0.1) is 32.6 Å². The van der Waals surface area contributed by atoms with Gasteiger partial charge in [-0.25, -0.2) is 5.43 Å². The zero-order chi connectivity index (χ0) is 22.1. The number of benzene rings is 2. The van der Waals surface area contributed by atoms with Gasteiger partial charge in [0.15, 0.2) is 0 Å². The summed E-state index contributed by atoms with van der Waals surface area (Å²) in [6, 6.07) is 14.8. The number of ether oxygens (including phenoxy) is 3. The van der Waals surface area contributed by atoms with Crippen molar-refractivity contribution in [1.82, 2.24) is 10.4 Å². The minimum Gasteiger partial charge on any atom is -0.497 e. The molecule has 0 spiro atoms. The van der Waals surface area contributed by atoms with Gasteiger partial charge in [0.1, 0.15) is 17.2 Å². The van der Waals surface area contributed by atoms with E-state index in [-0.39, 0.29) is 5.91 Å². The van der Waals surface area contributed by atoms with Crippen LogP contribution in [0.1, 0.15) is 29.3 Å². The summed E-state index contributed by atoms with van der Waals surface area (Å²) in [4.78, 5) is 16.7. The molecule has 160 valence electrons. The third-order valence-corrected chi connectivity index (χ3v) is 4.41. The molecule has 2 aromatic carbocycles. The second-order valence-corrected chi connectivity index (χ2v) is 6.68. The second kappa shape index (κ2) is 10.8. The fourth-order valence-corrected chi connectivity index (χ4v) is 2.82. The van der Waals surface area contributed by atoms with E-state index in [1.165, 1.54) is 12.4 Å². The van der Waals surface area contributed by atoms with E-state index in [2.05, 4.69) is 22.4 Å². The SMILES string of the molecule is CCCOc1ccc(-c2cncc(C(=O)N/N=C/c3cc(OC)cc(OC)c3)c2)cc1. The molecule has 3 aromatic rings. The van der Waals surface area contributed by atoms with Crippen LogP contribution in [0.5, 0.6) is 17.2 Å². The Morgan fingerprint density at radius 2 is 1.68 bits per heavy atom. The Kier molecular flexibility index (Phi) is 7.59. The molecule has 7 nitrogen and oxygen atoms in total. The van der Waals surface area contributed by atoms with Crippen LogP contribution >= 0.6 is 0 Å². The zero-order valence-corrected chi connectivity index (χ0v) is 17.8. The lowest BCUT2D eigenvalue weighted by molar-refractivity contribution is 0.0955. The lowest BCUT2D eigenvalue weighted by atomic mass is 10.1. The molecule has 0 saturated carbocycles. The number of nitrogens with zero attached hydrogens (tertiary/aromatic N) is 2. The second-order valence-electron chi connectivity index (χ2n) is 6.68. The maximum absolute atomic E-state index is 12.5. The molecular weight excluding hydrogens is 394 g/mol. The third-order valence-electron chi connectivity index (χ3n) is 4.41. The topological polar surface area (TPSA) is 82.0 Å². The van der Waals surface area contributed by atoms with Gasteiger partial charge in [-0.05, 0) is 42.3 Å². The minimum absolute atomic E-state index is 0.358. The van der Waals surface area contributed by atoms with Crippen LogP contribution in [0.3, 0.4) is 0 Å². The molecule has 1 amide bonds. The highest BCUT2D eigenvalue weighted by Crippen LogP contribution is 2.23. The average molecular weight is 419 g/mol. The number of carbonyl (C=O) groups excluding carboxylic acids is 1. The van der Waals surface area contributed by atoms with Crippen LogP contribution in [0.15, 0.2) is 66.0 Å². The molecule has 1 aromatic heterocycles. The van der Waals surface area contributed by atoms with Crippen LogP contribution in [0.4, 0.5) is 0 Å². The predicted octanol–water partition coefficient (Wildman–Crippen LogP) is 4.32. The van der Waals surface area contributed by atoms with Crippen molar-refractivity contribution in [3.63, 3.8) is 0 Å². The summed E-state index contributed by atoms with van der Waals surface area (Å²) in [6.45, 7) is 2.74. The lowest BCUT2D eigenvalue weighted by Gasteiger charge is -2.07. The number of rotatable bonds is 9. The van der Waals surface area contributed by atoms with E-state index in [1.54, 1.807) is 44.7 Å². The molecule has 0 aliphatic carbocycles. The Hall–Kier alpha value is -3.87. The van der Waals surface area contributed by atoms with E-state index in [9.17, 15) is 4.79 Å². The Bertz CT molecular complexity index is 1030. The first-order valence-corrected chi connectivity index (χ1v) is 9.87. The van der Waals surface area contributed by atoms with Crippen LogP contribution in [0, 0.1) is 0 Å². The first kappa shape index (κ1) is 21.8. The summed E-state index contributed by atoms with van der Waals surface area (Å²) in [7, 11) is 3.15. The average Bonchev–Trinajstić information content (AvgIpc) is 2.82. The summed E-state index contributed by atoms with van der Waals surface area (Å²) in [6.07, 6.45) is 5.69. The van der Waals surface area contributed by atoms with Gasteiger partial charge in [-0.1, -0.05) is 19.1 Å². The van der Waals surface area contributed by atoms with Gasteiger partial charge in [0.2, 0.25) is 0 Å². The molecule has 0 fully saturated rings. The Labute approximate surface area is 181 Å². The van der Waals surface area contributed by atoms with E-state index in [4.69, 9.17) is 14.2 Å². The van der Waals surface area contributed by atoms with Gasteiger partial charge in [-0.15, -0.1) is 0 Å². The monoisotopic (exact) mass is 419 g/mol. The smallest absolute Gasteiger partial charge is 0.272 e. The lowest BCUT2D eigenvalue weighted by Crippen LogP contribution is -2.17. The molecular formula is C24H25N3O4. The molecule has 7 heteroatoms. The normalized spacial score (nSPS) is 10.7. The molecule has 0 aliphatic rings. The molecule has 0 unspecified atom stereocenters. The summed E-state index contributed by atoms with van der Waals surface area (Å²) in [5, 5.41) is 4.03. The van der Waals surface area contributed by atoms with Crippen molar-refractivity contribution >= 4 is 12.1 Å². The van der Waals surface area contributed by atoms with Crippen LogP contribution < -0.4 is 19.6 Å². The van der Waals surface area contributed by atoms with Gasteiger partial charge in [0, 0.05) is 29.6 Å². The standard InChI is InChI=1S/C24H25N3O4/c1-4-9-31-21-7-5-18(6-8-21)19-12-20(16-25-15-19)24(28)27-26-14-17-10-22(29-2)13-23(11-17)30-3/h5-8,10-16H,4,9H2,1-3H3,(H,27,28)/b26-14+. The van der Waals surface area contributed by atoms with Crippen molar-refractivity contribution in [2.45, 2.75) is 13.3 Å². The largest absolute Gasteiger partial charge is 0.497 e. The minimum atomic E-state index is -0.358. The fraction of sp³-hybridized carbons (Fsp3) is 0.208. The van der Waals surface area contributed by atoms with Crippen molar-refractivity contribution in [2.75, 3.05) is 20.8 Å². The summed E-state index contributed by atoms with van der Waals surface area (Å²) in [5.41, 5.74) is 5.43. The van der Waals surface area contributed by atoms with Crippen LogP contribution in [0.2, 0.25) is 0 Å². The quantitative estimate of drug-likeness (QED) is 0.413. The number of nitrogens with one attached hydrogen (secondary N) is 1. The van der Waals surface area contributed by atoms with Crippen molar-refractivity contribution in [3.8, 4) is 28.4 Å². The molecule has 0 aliphatic heterocycles. The highest BCUT2D eigenvalue weighted by molar-refractivity contribution is 5.95. The van der Waals surface area contributed by atoms with E-state index in [0.717, 1.165) is 28.9 Å². The van der Waals surface area contributed by atoms with Gasteiger partial charge in [-0.3, -0.25) is 9.78 Å². The molecule has 0 atom stereocenters. The summed E-state index contributed by atoms with van der Waals surface area (Å²) >= 11 is 0. The molecule has 0 radical (unpaired) electrons. The van der Waals surface area contributed by atoms with Crippen molar-refractivity contribution < 1.29 is 19.0 Å². The van der Waals surface area contributed by atoms with E-state index in [1.807, 2.05) is 24.3 Å². The maximum atomic E-state index is 12.5. The van der Waals surface area contributed by atoms with Gasteiger partial charge in [0.25, 0.3) is 5.91 Å². The molecule has 3 rings (SSSR count). The van der Waals surface area contributed by atoms with E-state index >= 15 is 0 Å². The summed E-state index contributed by atoms with van der Waals surface area (Å²) < 4.78 is 16.1. The van der Waals surface area contributed by atoms with E-state index < -0.39 is 0 Å². The van der Waals surface area contributed by atoms with Crippen LogP contribution in [-0.2, 0) is 0 Å². The number of amides is 1. The molecule has 31 heavy (non-hydrogen) atoms. The van der Waals surface area contributed by atoms with Crippen molar-refractivity contribution in [1.29, 1.82) is 0 Å². The summed E-state index contributed by atoms with van der Waals surface area (Å²) in [5.74, 6) is 1.73. The molecule has 0 bridgehead atoms. The molecule has 1 heterocycles. The number of methoxy groups -OCH3 is 2. The Morgan fingerprint density at radius 1 is 0.968 bits per heavy atom. The number of carbonyl (C=O) groups is 1. The number of aromatic nitrogens is 1. The van der Waals surface area contributed by atoms with Crippen LogP contribution in [-0.4, -0.2) is 37.9 Å². The van der Waals surface area contributed by atoms with E-state index in [0.29, 0.717) is 23.7 Å². The predicted molar refractivity (Wildman–Crippen MR) is 120 cm³/mol. The van der Waals surface area contributed by atoms with Gasteiger partial charge < -0.3 is 14.2 Å². The highest BCUT2D eigenvalue weighted by atomic mass is 16.5. The number of hydrazone groups is 1. The first-order chi connectivity index (χ1) is 15.1. The first-order valence-electron chi connectivity index (χ1n) is 9.87. The number of hydrogen-bond acceptors (Lipinski definition) is 6. The van der Waals surface area contributed by atoms with Crippen molar-refractivity contribution in [2.24, 2.45) is 5.10 Å². The third kappa shape index (κ3) is 6.05. The van der Waals surface area contributed by atoms with Gasteiger partial charge in [-0.2, -0.15) is 5.10 Å². The van der Waals surface area contributed by atoms with Crippen molar-refractivity contribution in [3.05, 3.63) is 72.1 Å². The molecule has 0 saturated heterocycles. The Balaban J connectivity index is 1.68. The zero-order valence-electron chi connectivity index (χ0n) is 17.8. The number of pyridine rings is 1.